The maximum absolute atomic E-state index is 9.80. The lowest BCUT2D eigenvalue weighted by molar-refractivity contribution is 0.120. The Kier molecular flexibility index (Phi) is 2.81. The van der Waals surface area contributed by atoms with Crippen LogP contribution in [-0.4, -0.2) is 16.2 Å². The van der Waals surface area contributed by atoms with E-state index in [1.807, 2.05) is 12.4 Å². The standard InChI is InChI=1S/C15H17NO/c17-13-5-1-4-12(9-13)14-6-2-3-11-7-8-16-10-15(11)14/h2-3,6-8,10,12-13,17H,1,4-5,9H2. The molecule has 1 saturated carbocycles. The van der Waals surface area contributed by atoms with Crippen molar-refractivity contribution in [2.45, 2.75) is 37.7 Å². The molecule has 0 radical (unpaired) electrons. The normalized spacial score (nSPS) is 25.0. The second kappa shape index (κ2) is 4.46. The summed E-state index contributed by atoms with van der Waals surface area (Å²) in [6.07, 6.45) is 7.83. The first kappa shape index (κ1) is 10.7. The van der Waals surface area contributed by atoms with Gasteiger partial charge in [-0.15, -0.1) is 0 Å². The Morgan fingerprint density at radius 2 is 2.12 bits per heavy atom. The fraction of sp³-hybridized carbons (Fsp3) is 0.400. The van der Waals surface area contributed by atoms with Crippen LogP contribution in [0.4, 0.5) is 0 Å². The third-order valence-corrected chi connectivity index (χ3v) is 3.80. The molecule has 1 fully saturated rings. The van der Waals surface area contributed by atoms with Crippen LogP contribution in [0.5, 0.6) is 0 Å². The lowest BCUT2D eigenvalue weighted by Gasteiger charge is -2.27. The van der Waals surface area contributed by atoms with E-state index in [0.29, 0.717) is 5.92 Å². The van der Waals surface area contributed by atoms with E-state index in [1.165, 1.54) is 22.8 Å². The summed E-state index contributed by atoms with van der Waals surface area (Å²) in [5, 5.41) is 12.3. The third kappa shape index (κ3) is 2.05. The van der Waals surface area contributed by atoms with Gasteiger partial charge in [0, 0.05) is 17.8 Å². The predicted octanol–water partition coefficient (Wildman–Crippen LogP) is 3.25. The highest BCUT2D eigenvalue weighted by atomic mass is 16.3. The number of nitrogens with zero attached hydrogens (tertiary/aromatic N) is 1. The van der Waals surface area contributed by atoms with E-state index >= 15 is 0 Å². The molecule has 0 aliphatic heterocycles. The zero-order valence-corrected chi connectivity index (χ0v) is 9.84. The number of aliphatic hydroxyl groups is 1. The van der Waals surface area contributed by atoms with Gasteiger partial charge >= 0.3 is 0 Å². The minimum atomic E-state index is -0.124. The van der Waals surface area contributed by atoms with Crippen molar-refractivity contribution in [1.29, 1.82) is 0 Å². The Morgan fingerprint density at radius 1 is 1.18 bits per heavy atom. The highest BCUT2D eigenvalue weighted by molar-refractivity contribution is 5.85. The van der Waals surface area contributed by atoms with Crippen LogP contribution in [0.2, 0.25) is 0 Å². The van der Waals surface area contributed by atoms with E-state index in [-0.39, 0.29) is 6.10 Å². The molecule has 3 rings (SSSR count). The van der Waals surface area contributed by atoms with Crippen LogP contribution < -0.4 is 0 Å². The van der Waals surface area contributed by atoms with Crippen LogP contribution in [-0.2, 0) is 0 Å². The Hall–Kier alpha value is -1.41. The fourth-order valence-electron chi connectivity index (χ4n) is 2.94. The highest BCUT2D eigenvalue weighted by Crippen LogP contribution is 2.36. The summed E-state index contributed by atoms with van der Waals surface area (Å²) >= 11 is 0. The van der Waals surface area contributed by atoms with Crippen molar-refractivity contribution in [3.63, 3.8) is 0 Å². The van der Waals surface area contributed by atoms with Crippen LogP contribution in [0.3, 0.4) is 0 Å². The first-order valence-corrected chi connectivity index (χ1v) is 6.35. The van der Waals surface area contributed by atoms with Gasteiger partial charge in [0.2, 0.25) is 0 Å². The second-order valence-corrected chi connectivity index (χ2v) is 4.96. The molecule has 17 heavy (non-hydrogen) atoms. The summed E-state index contributed by atoms with van der Waals surface area (Å²) in [7, 11) is 0. The topological polar surface area (TPSA) is 33.1 Å². The number of hydrogen-bond acceptors (Lipinski definition) is 2. The van der Waals surface area contributed by atoms with E-state index in [4.69, 9.17) is 0 Å². The Bertz CT molecular complexity index is 518. The Labute approximate surface area is 101 Å². The van der Waals surface area contributed by atoms with Crippen LogP contribution in [0, 0.1) is 0 Å². The summed E-state index contributed by atoms with van der Waals surface area (Å²) < 4.78 is 0. The van der Waals surface area contributed by atoms with Crippen LogP contribution >= 0.6 is 0 Å². The van der Waals surface area contributed by atoms with Crippen molar-refractivity contribution >= 4 is 10.8 Å². The minimum Gasteiger partial charge on any atom is -0.393 e. The average molecular weight is 227 g/mol. The number of aromatic nitrogens is 1. The van der Waals surface area contributed by atoms with Gasteiger partial charge in [0.1, 0.15) is 0 Å². The first-order chi connectivity index (χ1) is 8.34. The summed E-state index contributed by atoms with van der Waals surface area (Å²) in [4.78, 5) is 4.22. The summed E-state index contributed by atoms with van der Waals surface area (Å²) in [6, 6.07) is 8.48. The number of fused-ring (bicyclic) bond motifs is 1. The molecule has 0 spiro atoms. The fourth-order valence-corrected chi connectivity index (χ4v) is 2.94. The molecule has 2 nitrogen and oxygen atoms in total. The van der Waals surface area contributed by atoms with Crippen molar-refractivity contribution in [1.82, 2.24) is 4.98 Å². The predicted molar refractivity (Wildman–Crippen MR) is 69.0 cm³/mol. The number of rotatable bonds is 1. The number of benzene rings is 1. The molecule has 1 aromatic heterocycles. The second-order valence-electron chi connectivity index (χ2n) is 4.96. The molecule has 88 valence electrons. The van der Waals surface area contributed by atoms with Gasteiger partial charge < -0.3 is 5.11 Å². The number of pyridine rings is 1. The highest BCUT2D eigenvalue weighted by Gasteiger charge is 2.22. The molecule has 0 bridgehead atoms. The van der Waals surface area contributed by atoms with E-state index in [1.54, 1.807) is 0 Å². The molecule has 1 aromatic carbocycles. The zero-order chi connectivity index (χ0) is 11.7. The van der Waals surface area contributed by atoms with Gasteiger partial charge in [-0.05, 0) is 42.2 Å². The van der Waals surface area contributed by atoms with E-state index in [2.05, 4.69) is 29.2 Å². The quantitative estimate of drug-likeness (QED) is 0.811. The van der Waals surface area contributed by atoms with E-state index < -0.39 is 0 Å². The molecule has 2 heteroatoms. The maximum Gasteiger partial charge on any atom is 0.0546 e. The average Bonchev–Trinajstić information content (AvgIpc) is 2.38. The smallest absolute Gasteiger partial charge is 0.0546 e. The van der Waals surface area contributed by atoms with Gasteiger partial charge in [-0.2, -0.15) is 0 Å². The molecule has 1 aliphatic carbocycles. The Balaban J connectivity index is 2.04. The van der Waals surface area contributed by atoms with Crippen LogP contribution in [0.15, 0.2) is 36.7 Å². The number of hydrogen-bond donors (Lipinski definition) is 1. The van der Waals surface area contributed by atoms with Gasteiger partial charge in [-0.1, -0.05) is 24.6 Å². The summed E-state index contributed by atoms with van der Waals surface area (Å²) in [6.45, 7) is 0. The van der Waals surface area contributed by atoms with Crippen LogP contribution in [0.25, 0.3) is 10.8 Å². The molecule has 0 amide bonds. The van der Waals surface area contributed by atoms with Crippen molar-refractivity contribution < 1.29 is 5.11 Å². The molecule has 1 heterocycles. The largest absolute Gasteiger partial charge is 0.393 e. The lowest BCUT2D eigenvalue weighted by atomic mass is 9.81. The van der Waals surface area contributed by atoms with E-state index in [0.717, 1.165) is 19.3 Å². The molecular weight excluding hydrogens is 210 g/mol. The van der Waals surface area contributed by atoms with Crippen LogP contribution in [0.1, 0.15) is 37.2 Å². The third-order valence-electron chi connectivity index (χ3n) is 3.80. The summed E-state index contributed by atoms with van der Waals surface area (Å²) in [5.74, 6) is 0.492. The molecule has 0 saturated heterocycles. The van der Waals surface area contributed by atoms with Crippen molar-refractivity contribution in [3.8, 4) is 0 Å². The van der Waals surface area contributed by atoms with Gasteiger partial charge in [0.05, 0.1) is 6.10 Å². The van der Waals surface area contributed by atoms with Crippen molar-refractivity contribution in [2.75, 3.05) is 0 Å². The molecule has 2 aromatic rings. The molecule has 2 atom stereocenters. The van der Waals surface area contributed by atoms with Gasteiger partial charge in [-0.3, -0.25) is 4.98 Å². The SMILES string of the molecule is OC1CCCC(c2cccc3ccncc23)C1. The molecular formula is C15H17NO. The van der Waals surface area contributed by atoms with Crippen molar-refractivity contribution in [3.05, 3.63) is 42.2 Å². The monoisotopic (exact) mass is 227 g/mol. The van der Waals surface area contributed by atoms with Gasteiger partial charge in [0.25, 0.3) is 0 Å². The summed E-state index contributed by atoms with van der Waals surface area (Å²) in [5.41, 5.74) is 1.36. The van der Waals surface area contributed by atoms with Crippen molar-refractivity contribution in [2.24, 2.45) is 0 Å². The lowest BCUT2D eigenvalue weighted by Crippen LogP contribution is -2.18. The molecule has 1 N–H and O–H groups in total. The minimum absolute atomic E-state index is 0.124. The molecule has 1 aliphatic rings. The molecule has 2 unspecified atom stereocenters. The zero-order valence-electron chi connectivity index (χ0n) is 9.84. The Morgan fingerprint density at radius 3 is 3.00 bits per heavy atom. The van der Waals surface area contributed by atoms with Gasteiger partial charge in [0.15, 0.2) is 0 Å². The van der Waals surface area contributed by atoms with E-state index in [9.17, 15) is 5.11 Å². The first-order valence-electron chi connectivity index (χ1n) is 6.35. The maximum atomic E-state index is 9.80. The van der Waals surface area contributed by atoms with Gasteiger partial charge in [-0.25, -0.2) is 0 Å². The number of aliphatic hydroxyl groups excluding tert-OH is 1.